The van der Waals surface area contributed by atoms with Gasteiger partial charge < -0.3 is 10.6 Å². The molecule has 2 atom stereocenters. The first kappa shape index (κ1) is 18.4. The molecular formula is C16H21ClFN5O. The smallest absolute Gasteiger partial charge is 0.276 e. The number of rotatable bonds is 3. The maximum absolute atomic E-state index is 13.0. The van der Waals surface area contributed by atoms with Gasteiger partial charge in [-0.3, -0.25) is 4.79 Å². The van der Waals surface area contributed by atoms with Crippen LogP contribution in [-0.2, 0) is 0 Å². The number of halogens is 2. The molecule has 0 radical (unpaired) electrons. The number of hydrogen-bond acceptors (Lipinski definition) is 4. The third-order valence-corrected chi connectivity index (χ3v) is 4.28. The highest BCUT2D eigenvalue weighted by molar-refractivity contribution is 5.92. The van der Waals surface area contributed by atoms with Crippen LogP contribution in [0.1, 0.15) is 30.3 Å². The minimum Gasteiger partial charge on any atom is -0.333 e. The first-order valence-electron chi connectivity index (χ1n) is 7.78. The Bertz CT molecular complexity index is 690. The van der Waals surface area contributed by atoms with Gasteiger partial charge in [0, 0.05) is 19.1 Å². The van der Waals surface area contributed by atoms with Crippen LogP contribution in [0.25, 0.3) is 5.69 Å². The lowest BCUT2D eigenvalue weighted by molar-refractivity contribution is 0.0567. The fourth-order valence-corrected chi connectivity index (χ4v) is 2.95. The average Bonchev–Trinajstić information content (AvgIpc) is 3.04. The first-order valence-corrected chi connectivity index (χ1v) is 7.78. The van der Waals surface area contributed by atoms with Crippen LogP contribution in [0, 0.1) is 11.7 Å². The van der Waals surface area contributed by atoms with E-state index in [1.165, 1.54) is 23.1 Å². The fraction of sp³-hybridized carbons (Fsp3) is 0.438. The molecule has 0 aliphatic carbocycles. The van der Waals surface area contributed by atoms with E-state index in [1.54, 1.807) is 17.0 Å². The number of likely N-dealkylation sites (tertiary alicyclic amines) is 1. The first-order chi connectivity index (χ1) is 11.1. The van der Waals surface area contributed by atoms with Gasteiger partial charge in [-0.05, 0) is 43.0 Å². The van der Waals surface area contributed by atoms with E-state index in [-0.39, 0.29) is 35.9 Å². The lowest BCUT2D eigenvalue weighted by Gasteiger charge is -2.37. The van der Waals surface area contributed by atoms with E-state index in [4.69, 9.17) is 5.73 Å². The van der Waals surface area contributed by atoms with E-state index in [0.29, 0.717) is 24.7 Å². The van der Waals surface area contributed by atoms with E-state index >= 15 is 0 Å². The number of piperidine rings is 1. The molecule has 1 aliphatic heterocycles. The Morgan fingerprint density at radius 1 is 1.38 bits per heavy atom. The van der Waals surface area contributed by atoms with Crippen molar-refractivity contribution in [2.24, 2.45) is 11.7 Å². The van der Waals surface area contributed by atoms with Crippen molar-refractivity contribution < 1.29 is 9.18 Å². The van der Waals surface area contributed by atoms with Gasteiger partial charge in [0.05, 0.1) is 11.9 Å². The summed E-state index contributed by atoms with van der Waals surface area (Å²) in [6, 6.07) is 5.83. The maximum Gasteiger partial charge on any atom is 0.276 e. The Labute approximate surface area is 146 Å². The molecule has 0 bridgehead atoms. The van der Waals surface area contributed by atoms with Crippen molar-refractivity contribution in [3.8, 4) is 5.69 Å². The van der Waals surface area contributed by atoms with Crippen molar-refractivity contribution in [1.82, 2.24) is 19.9 Å². The average molecular weight is 354 g/mol. The lowest BCUT2D eigenvalue weighted by atomic mass is 9.92. The van der Waals surface area contributed by atoms with Crippen molar-refractivity contribution in [3.05, 3.63) is 42.0 Å². The zero-order chi connectivity index (χ0) is 16.4. The fourth-order valence-electron chi connectivity index (χ4n) is 2.95. The van der Waals surface area contributed by atoms with Crippen molar-refractivity contribution in [3.63, 3.8) is 0 Å². The summed E-state index contributed by atoms with van der Waals surface area (Å²) >= 11 is 0. The number of benzene rings is 1. The lowest BCUT2D eigenvalue weighted by Crippen LogP contribution is -2.49. The molecule has 1 saturated heterocycles. The number of amides is 1. The molecule has 8 heteroatoms. The van der Waals surface area contributed by atoms with E-state index in [1.807, 2.05) is 0 Å². The SMILES string of the molecule is CC1CCN(C(=O)c2cnn(-c3ccc(F)cc3)n2)C(CN)C1.Cl. The molecule has 2 unspecified atom stereocenters. The summed E-state index contributed by atoms with van der Waals surface area (Å²) < 4.78 is 13.0. The molecule has 1 aromatic carbocycles. The highest BCUT2D eigenvalue weighted by Gasteiger charge is 2.30. The summed E-state index contributed by atoms with van der Waals surface area (Å²) in [5, 5.41) is 8.33. The monoisotopic (exact) mass is 353 g/mol. The predicted octanol–water partition coefficient (Wildman–Crippen LogP) is 2.03. The quantitative estimate of drug-likeness (QED) is 0.915. The van der Waals surface area contributed by atoms with Gasteiger partial charge in [0.1, 0.15) is 5.82 Å². The topological polar surface area (TPSA) is 77.0 Å². The molecule has 24 heavy (non-hydrogen) atoms. The van der Waals surface area contributed by atoms with Crippen LogP contribution < -0.4 is 5.73 Å². The molecule has 2 N–H and O–H groups in total. The van der Waals surface area contributed by atoms with Crippen LogP contribution in [0.3, 0.4) is 0 Å². The van der Waals surface area contributed by atoms with Gasteiger partial charge in [-0.2, -0.15) is 9.90 Å². The van der Waals surface area contributed by atoms with Gasteiger partial charge in [0.25, 0.3) is 5.91 Å². The van der Waals surface area contributed by atoms with Crippen LogP contribution in [-0.4, -0.2) is 44.9 Å². The van der Waals surface area contributed by atoms with Gasteiger partial charge in [-0.25, -0.2) is 4.39 Å². The Hall–Kier alpha value is -1.99. The molecule has 1 amide bonds. The van der Waals surface area contributed by atoms with E-state index in [9.17, 15) is 9.18 Å². The summed E-state index contributed by atoms with van der Waals surface area (Å²) in [7, 11) is 0. The number of hydrogen-bond donors (Lipinski definition) is 1. The van der Waals surface area contributed by atoms with Crippen molar-refractivity contribution >= 4 is 18.3 Å². The molecule has 6 nitrogen and oxygen atoms in total. The van der Waals surface area contributed by atoms with Crippen LogP contribution in [0.5, 0.6) is 0 Å². The van der Waals surface area contributed by atoms with Gasteiger partial charge in [-0.1, -0.05) is 6.92 Å². The Morgan fingerprint density at radius 2 is 2.08 bits per heavy atom. The Balaban J connectivity index is 0.00000208. The second-order valence-corrected chi connectivity index (χ2v) is 6.01. The van der Waals surface area contributed by atoms with Gasteiger partial charge in [-0.15, -0.1) is 17.5 Å². The minimum absolute atomic E-state index is 0. The predicted molar refractivity (Wildman–Crippen MR) is 90.8 cm³/mol. The van der Waals surface area contributed by atoms with Crippen molar-refractivity contribution in [1.29, 1.82) is 0 Å². The van der Waals surface area contributed by atoms with E-state index in [2.05, 4.69) is 17.1 Å². The largest absolute Gasteiger partial charge is 0.333 e. The molecule has 1 aliphatic rings. The molecule has 2 aromatic rings. The third-order valence-electron chi connectivity index (χ3n) is 4.28. The zero-order valence-corrected chi connectivity index (χ0v) is 14.2. The van der Waals surface area contributed by atoms with Gasteiger partial charge in [0.2, 0.25) is 0 Å². The third kappa shape index (κ3) is 3.73. The van der Waals surface area contributed by atoms with Crippen molar-refractivity contribution in [2.45, 2.75) is 25.8 Å². The molecule has 0 saturated carbocycles. The van der Waals surface area contributed by atoms with Crippen LogP contribution in [0.4, 0.5) is 4.39 Å². The molecule has 1 aromatic heterocycles. The molecule has 2 heterocycles. The highest BCUT2D eigenvalue weighted by Crippen LogP contribution is 2.23. The second-order valence-electron chi connectivity index (χ2n) is 6.01. The normalized spacial score (nSPS) is 20.5. The van der Waals surface area contributed by atoms with Gasteiger partial charge in [0.15, 0.2) is 5.69 Å². The summed E-state index contributed by atoms with van der Waals surface area (Å²) in [6.45, 7) is 3.31. The number of carbonyl (C=O) groups excluding carboxylic acids is 1. The van der Waals surface area contributed by atoms with Crippen LogP contribution >= 0.6 is 12.4 Å². The molecular weight excluding hydrogens is 333 g/mol. The minimum atomic E-state index is -0.328. The van der Waals surface area contributed by atoms with Crippen LogP contribution in [0.15, 0.2) is 30.5 Å². The Morgan fingerprint density at radius 3 is 2.75 bits per heavy atom. The van der Waals surface area contributed by atoms with E-state index in [0.717, 1.165) is 12.8 Å². The number of nitrogens with two attached hydrogens (primary N) is 1. The van der Waals surface area contributed by atoms with E-state index < -0.39 is 0 Å². The number of nitrogens with zero attached hydrogens (tertiary/aromatic N) is 4. The summed E-state index contributed by atoms with van der Waals surface area (Å²) in [6.07, 6.45) is 3.32. The molecule has 1 fully saturated rings. The molecule has 3 rings (SSSR count). The van der Waals surface area contributed by atoms with Gasteiger partial charge >= 0.3 is 0 Å². The second kappa shape index (κ2) is 7.72. The van der Waals surface area contributed by atoms with Crippen LogP contribution in [0.2, 0.25) is 0 Å². The maximum atomic E-state index is 13.0. The molecule has 130 valence electrons. The Kier molecular flexibility index (Phi) is 5.90. The summed E-state index contributed by atoms with van der Waals surface area (Å²) in [4.78, 5) is 15.8. The number of carbonyl (C=O) groups is 1. The molecule has 0 spiro atoms. The van der Waals surface area contributed by atoms with Crippen molar-refractivity contribution in [2.75, 3.05) is 13.1 Å². The highest BCUT2D eigenvalue weighted by atomic mass is 35.5. The zero-order valence-electron chi connectivity index (χ0n) is 13.4. The number of aromatic nitrogens is 3. The summed E-state index contributed by atoms with van der Waals surface area (Å²) in [5.74, 6) is 0.0913. The summed E-state index contributed by atoms with van der Waals surface area (Å²) in [5.41, 5.74) is 6.70. The standard InChI is InChI=1S/C16H20FN5O.ClH/c1-11-6-7-21(14(8-11)9-18)16(23)15-10-19-22(20-15)13-4-2-12(17)3-5-13;/h2-5,10-11,14H,6-9,18H2,1H3;1H.